The summed E-state index contributed by atoms with van der Waals surface area (Å²) >= 11 is 5.79. The second-order valence-corrected chi connectivity index (χ2v) is 5.18. The lowest BCUT2D eigenvalue weighted by atomic mass is 10.1. The predicted molar refractivity (Wildman–Crippen MR) is 74.9 cm³/mol. The first-order chi connectivity index (χ1) is 8.59. The Balaban J connectivity index is 2.13. The number of aliphatic hydroxyl groups excluding tert-OH is 1. The van der Waals surface area contributed by atoms with Crippen LogP contribution in [0.25, 0.3) is 0 Å². The van der Waals surface area contributed by atoms with E-state index in [1.807, 2.05) is 12.1 Å². The highest BCUT2D eigenvalue weighted by molar-refractivity contribution is 6.30. The van der Waals surface area contributed by atoms with Gasteiger partial charge in [0.1, 0.15) is 0 Å². The van der Waals surface area contributed by atoms with Crippen LogP contribution in [-0.4, -0.2) is 31.4 Å². The topological polar surface area (TPSA) is 41.5 Å². The average molecular weight is 272 g/mol. The first-order valence-corrected chi connectivity index (χ1v) is 6.69. The van der Waals surface area contributed by atoms with Crippen LogP contribution in [0.5, 0.6) is 0 Å². The number of halogens is 1. The summed E-state index contributed by atoms with van der Waals surface area (Å²) in [4.78, 5) is 0. The van der Waals surface area contributed by atoms with Crippen LogP contribution in [0.2, 0.25) is 5.02 Å². The van der Waals surface area contributed by atoms with E-state index >= 15 is 0 Å². The van der Waals surface area contributed by atoms with Crippen molar-refractivity contribution in [1.82, 2.24) is 5.32 Å². The molecule has 102 valence electrons. The Kier molecular flexibility index (Phi) is 7.28. The Hall–Kier alpha value is -0.610. The van der Waals surface area contributed by atoms with Crippen molar-refractivity contribution < 1.29 is 9.84 Å². The molecule has 2 N–H and O–H groups in total. The first-order valence-electron chi connectivity index (χ1n) is 6.31. The van der Waals surface area contributed by atoms with E-state index in [1.54, 1.807) is 12.1 Å². The third-order valence-electron chi connectivity index (χ3n) is 2.47. The molecule has 0 aliphatic heterocycles. The lowest BCUT2D eigenvalue weighted by Crippen LogP contribution is -2.25. The average Bonchev–Trinajstić information content (AvgIpc) is 2.34. The van der Waals surface area contributed by atoms with Crippen LogP contribution >= 0.6 is 11.6 Å². The summed E-state index contributed by atoms with van der Waals surface area (Å²) in [7, 11) is 0. The minimum atomic E-state index is -0.507. The predicted octanol–water partition coefficient (Wildman–Crippen LogP) is 2.64. The maximum Gasteiger partial charge on any atom is 0.0914 e. The molecule has 0 spiro atoms. The fourth-order valence-electron chi connectivity index (χ4n) is 1.50. The molecule has 1 atom stereocenters. The molecule has 1 aromatic rings. The zero-order valence-corrected chi connectivity index (χ0v) is 11.8. The van der Waals surface area contributed by atoms with Crippen LogP contribution in [0.15, 0.2) is 24.3 Å². The van der Waals surface area contributed by atoms with E-state index in [4.69, 9.17) is 16.3 Å². The van der Waals surface area contributed by atoms with E-state index in [-0.39, 0.29) is 0 Å². The minimum absolute atomic E-state index is 0.507. The van der Waals surface area contributed by atoms with Crippen LogP contribution in [0.3, 0.4) is 0 Å². The zero-order chi connectivity index (χ0) is 13.4. The highest BCUT2D eigenvalue weighted by Gasteiger charge is 2.06. The smallest absolute Gasteiger partial charge is 0.0914 e. The Labute approximate surface area is 114 Å². The maximum absolute atomic E-state index is 9.91. The monoisotopic (exact) mass is 271 g/mol. The van der Waals surface area contributed by atoms with Gasteiger partial charge in [0.05, 0.1) is 12.7 Å². The van der Waals surface area contributed by atoms with Gasteiger partial charge in [0, 0.05) is 24.7 Å². The lowest BCUT2D eigenvalue weighted by molar-refractivity contribution is 0.107. The van der Waals surface area contributed by atoms with Gasteiger partial charge in [-0.3, -0.25) is 0 Å². The van der Waals surface area contributed by atoms with Crippen LogP contribution in [-0.2, 0) is 4.74 Å². The van der Waals surface area contributed by atoms with Crippen molar-refractivity contribution >= 4 is 11.6 Å². The highest BCUT2D eigenvalue weighted by atomic mass is 35.5. The van der Waals surface area contributed by atoms with Gasteiger partial charge in [0.2, 0.25) is 0 Å². The van der Waals surface area contributed by atoms with Gasteiger partial charge >= 0.3 is 0 Å². The third-order valence-corrected chi connectivity index (χ3v) is 2.72. The molecular formula is C14H22ClNO2. The summed E-state index contributed by atoms with van der Waals surface area (Å²) < 4.78 is 5.44. The summed E-state index contributed by atoms with van der Waals surface area (Å²) in [5.74, 6) is 0.560. The Morgan fingerprint density at radius 1 is 1.28 bits per heavy atom. The fraction of sp³-hybridized carbons (Fsp3) is 0.571. The molecule has 0 bridgehead atoms. The zero-order valence-electron chi connectivity index (χ0n) is 11.0. The first kappa shape index (κ1) is 15.4. The molecule has 0 fully saturated rings. The fourth-order valence-corrected chi connectivity index (χ4v) is 1.63. The molecule has 0 amide bonds. The largest absolute Gasteiger partial charge is 0.387 e. The highest BCUT2D eigenvalue weighted by Crippen LogP contribution is 2.15. The molecule has 0 saturated carbocycles. The van der Waals surface area contributed by atoms with Gasteiger partial charge < -0.3 is 15.2 Å². The van der Waals surface area contributed by atoms with Crippen molar-refractivity contribution in [1.29, 1.82) is 0 Å². The van der Waals surface area contributed by atoms with Gasteiger partial charge in [0.25, 0.3) is 0 Å². The van der Waals surface area contributed by atoms with E-state index in [0.717, 1.165) is 18.7 Å². The van der Waals surface area contributed by atoms with Crippen LogP contribution in [0, 0.1) is 5.92 Å². The number of rotatable bonds is 8. The van der Waals surface area contributed by atoms with E-state index in [2.05, 4.69) is 19.2 Å². The number of benzene rings is 1. The van der Waals surface area contributed by atoms with Crippen LogP contribution in [0.4, 0.5) is 0 Å². The molecule has 3 nitrogen and oxygen atoms in total. The SMILES string of the molecule is CC(C)COCCNCC(O)c1ccc(Cl)cc1. The minimum Gasteiger partial charge on any atom is -0.387 e. The Morgan fingerprint density at radius 2 is 1.94 bits per heavy atom. The van der Waals surface area contributed by atoms with Crippen molar-refractivity contribution in [3.05, 3.63) is 34.9 Å². The molecule has 4 heteroatoms. The molecule has 0 aliphatic rings. The number of ether oxygens (including phenoxy) is 1. The third kappa shape index (κ3) is 6.36. The Morgan fingerprint density at radius 3 is 2.56 bits per heavy atom. The molecule has 0 aliphatic carbocycles. The number of nitrogens with one attached hydrogen (secondary N) is 1. The second kappa shape index (κ2) is 8.48. The molecule has 0 radical (unpaired) electrons. The van der Waals surface area contributed by atoms with Crippen molar-refractivity contribution in [2.75, 3.05) is 26.3 Å². The van der Waals surface area contributed by atoms with E-state index in [9.17, 15) is 5.11 Å². The molecule has 1 rings (SSSR count). The number of aliphatic hydroxyl groups is 1. The van der Waals surface area contributed by atoms with Gasteiger partial charge in [-0.1, -0.05) is 37.6 Å². The summed E-state index contributed by atoms with van der Waals surface area (Å²) in [6, 6.07) is 7.24. The van der Waals surface area contributed by atoms with Crippen molar-refractivity contribution in [2.24, 2.45) is 5.92 Å². The van der Waals surface area contributed by atoms with E-state index in [1.165, 1.54) is 0 Å². The summed E-state index contributed by atoms with van der Waals surface area (Å²) in [6.07, 6.45) is -0.507. The second-order valence-electron chi connectivity index (χ2n) is 4.74. The molecule has 0 saturated heterocycles. The molecule has 0 aromatic heterocycles. The van der Waals surface area contributed by atoms with Gasteiger partial charge in [-0.05, 0) is 23.6 Å². The summed E-state index contributed by atoms with van der Waals surface area (Å²) in [5, 5.41) is 13.8. The number of hydrogen-bond acceptors (Lipinski definition) is 3. The van der Waals surface area contributed by atoms with Crippen LogP contribution in [0.1, 0.15) is 25.5 Å². The molecular weight excluding hydrogens is 250 g/mol. The van der Waals surface area contributed by atoms with Crippen LogP contribution < -0.4 is 5.32 Å². The standard InChI is InChI=1S/C14H22ClNO2/c1-11(2)10-18-8-7-16-9-14(17)12-3-5-13(15)6-4-12/h3-6,11,14,16-17H,7-10H2,1-2H3. The molecule has 18 heavy (non-hydrogen) atoms. The molecule has 1 aromatic carbocycles. The van der Waals surface area contributed by atoms with Gasteiger partial charge in [-0.25, -0.2) is 0 Å². The summed E-state index contributed by atoms with van der Waals surface area (Å²) in [6.45, 7) is 6.96. The maximum atomic E-state index is 9.91. The van der Waals surface area contributed by atoms with E-state index in [0.29, 0.717) is 24.1 Å². The normalized spacial score (nSPS) is 12.9. The van der Waals surface area contributed by atoms with Gasteiger partial charge in [-0.15, -0.1) is 0 Å². The van der Waals surface area contributed by atoms with Gasteiger partial charge in [-0.2, -0.15) is 0 Å². The van der Waals surface area contributed by atoms with E-state index < -0.39 is 6.10 Å². The quantitative estimate of drug-likeness (QED) is 0.714. The molecule has 1 unspecified atom stereocenters. The van der Waals surface area contributed by atoms with Crippen molar-refractivity contribution in [3.8, 4) is 0 Å². The number of hydrogen-bond donors (Lipinski definition) is 2. The van der Waals surface area contributed by atoms with Crippen molar-refractivity contribution in [2.45, 2.75) is 20.0 Å². The Bertz CT molecular complexity index is 327. The van der Waals surface area contributed by atoms with Gasteiger partial charge in [0.15, 0.2) is 0 Å². The summed E-state index contributed by atoms with van der Waals surface area (Å²) in [5.41, 5.74) is 0.870. The lowest BCUT2D eigenvalue weighted by Gasteiger charge is -2.13. The molecule has 0 heterocycles. The van der Waals surface area contributed by atoms with Crippen molar-refractivity contribution in [3.63, 3.8) is 0 Å².